The number of nitrogens with zero attached hydrogens (tertiary/aromatic N) is 2. The maximum atomic E-state index is 6.45. The molecule has 6 aromatic carbocycles. The van der Waals surface area contributed by atoms with Crippen molar-refractivity contribution in [3.05, 3.63) is 214 Å². The molecule has 0 unspecified atom stereocenters. The van der Waals surface area contributed by atoms with Crippen LogP contribution in [0.25, 0.3) is 113 Å². The Morgan fingerprint density at radius 2 is 0.643 bits per heavy atom. The minimum Gasteiger partial charge on any atom is -0.354 e. The quantitative estimate of drug-likeness (QED) is 0.0946. The number of aryl methyl sites for hydroxylation is 2. The van der Waals surface area contributed by atoms with Crippen LogP contribution in [-0.4, -0.2) is 28.8 Å². The maximum Gasteiger partial charge on any atom is 0.0737 e. The summed E-state index contributed by atoms with van der Waals surface area (Å²) in [6.45, 7) is 0. The van der Waals surface area contributed by atoms with Crippen molar-refractivity contribution in [2.75, 3.05) is 8.86 Å². The highest BCUT2D eigenvalue weighted by Gasteiger charge is 2.20. The Kier molecular flexibility index (Phi) is 13.7. The van der Waals surface area contributed by atoms with Crippen LogP contribution in [-0.2, 0) is 12.8 Å². The topological polar surface area (TPSA) is 57.4 Å². The molecule has 3 aromatic heterocycles. The Hall–Kier alpha value is -6.04. The molecule has 342 valence electrons. The largest absolute Gasteiger partial charge is 0.354 e. The summed E-state index contributed by atoms with van der Waals surface area (Å²) in [5.74, 6) is 0. The van der Waals surface area contributed by atoms with Crippen LogP contribution in [0.1, 0.15) is 46.7 Å². The molecule has 2 aliphatic heterocycles. The fraction of sp³-hybridized carbons (Fsp3) is 0.0968. The van der Waals surface area contributed by atoms with Crippen LogP contribution in [0, 0.1) is 0 Å². The number of nitrogens with one attached hydrogen (secondary N) is 2. The monoisotopic (exact) mass is 1170 g/mol. The van der Waals surface area contributed by atoms with Crippen LogP contribution in [0.4, 0.5) is 0 Å². The lowest BCUT2D eigenvalue weighted by Crippen LogP contribution is -1.91. The Morgan fingerprint density at radius 3 is 0.943 bits per heavy atom. The Balaban J connectivity index is 1.20. The van der Waals surface area contributed by atoms with Crippen LogP contribution >= 0.6 is 68.4 Å². The second-order valence-electron chi connectivity index (χ2n) is 17.7. The number of alkyl halides is 2. The van der Waals surface area contributed by atoms with E-state index in [9.17, 15) is 0 Å². The first kappa shape index (κ1) is 46.3. The fourth-order valence-corrected chi connectivity index (χ4v) is 10.8. The summed E-state index contributed by atoms with van der Waals surface area (Å²) in [5, 5.41) is 1.42. The molecule has 2 N–H and O–H groups in total. The summed E-state index contributed by atoms with van der Waals surface area (Å²) in [6, 6.07) is 60.3. The molecule has 0 amide bonds. The van der Waals surface area contributed by atoms with Crippen molar-refractivity contribution in [2.24, 2.45) is 0 Å². The summed E-state index contributed by atoms with van der Waals surface area (Å²) in [6.07, 6.45) is 13.0. The van der Waals surface area contributed by atoms with Crippen molar-refractivity contribution >= 4 is 115 Å². The maximum absolute atomic E-state index is 6.45. The van der Waals surface area contributed by atoms with Gasteiger partial charge in [0.05, 0.1) is 22.8 Å². The molecule has 0 aliphatic carbocycles. The van der Waals surface area contributed by atoms with Crippen molar-refractivity contribution in [3.63, 3.8) is 0 Å². The smallest absolute Gasteiger partial charge is 0.0737 e. The van der Waals surface area contributed by atoms with Crippen molar-refractivity contribution < 1.29 is 0 Å². The number of hydrogen-bond acceptors (Lipinski definition) is 2. The van der Waals surface area contributed by atoms with Gasteiger partial charge in [0, 0.05) is 54.4 Å². The third-order valence-corrected chi connectivity index (χ3v) is 15.1. The minimum absolute atomic E-state index is 0.712. The summed E-state index contributed by atoms with van der Waals surface area (Å²) < 4.78 is 2.25. The second kappa shape index (κ2) is 20.7. The standard InChI is InChI=1S/C62H46Cl2I2N4/c63-49-9-1-7-47(37-49)41-19-23-45(24-20-41)61-55-31-27-51(67-55)59(43-15-11-39(12-16-43)5-3-35-65)53-29-33-57(69-53)62(46-25-21-42(22-26-46)48-8-2-10-50(64)38-48)58-34-30-54(70-58)60(52-28-32-56(61)68-52)44-17-13-40(14-18-44)6-4-36-66/h1-2,7-34,37-38,67,70H,3-6,35-36H2. The molecule has 0 saturated carbocycles. The van der Waals surface area contributed by atoms with E-state index < -0.39 is 0 Å². The molecule has 0 saturated heterocycles. The second-order valence-corrected chi connectivity index (χ2v) is 20.7. The first-order valence-electron chi connectivity index (χ1n) is 23.6. The average Bonchev–Trinajstić information content (AvgIpc) is 4.25. The average molecular weight is 1170 g/mol. The number of rotatable bonds is 12. The number of H-pyrrole nitrogens is 2. The highest BCUT2D eigenvalue weighted by Crippen LogP contribution is 2.40. The molecule has 70 heavy (non-hydrogen) atoms. The van der Waals surface area contributed by atoms with E-state index in [4.69, 9.17) is 33.2 Å². The zero-order valence-corrected chi connectivity index (χ0v) is 44.0. The molecule has 2 aliphatic rings. The van der Waals surface area contributed by atoms with Gasteiger partial charge < -0.3 is 9.97 Å². The van der Waals surface area contributed by atoms with Crippen molar-refractivity contribution in [2.45, 2.75) is 25.7 Å². The molecule has 0 spiro atoms. The van der Waals surface area contributed by atoms with Crippen molar-refractivity contribution in [3.8, 4) is 66.8 Å². The van der Waals surface area contributed by atoms with Crippen LogP contribution in [0.2, 0.25) is 10.0 Å². The number of benzene rings is 6. The normalized spacial score (nSPS) is 11.9. The first-order valence-corrected chi connectivity index (χ1v) is 27.4. The highest BCUT2D eigenvalue weighted by atomic mass is 127. The van der Waals surface area contributed by atoms with Gasteiger partial charge in [0.15, 0.2) is 0 Å². The zero-order chi connectivity index (χ0) is 47.6. The van der Waals surface area contributed by atoms with Gasteiger partial charge in [-0.1, -0.05) is 190 Å². The van der Waals surface area contributed by atoms with Gasteiger partial charge in [-0.2, -0.15) is 0 Å². The van der Waals surface area contributed by atoms with E-state index in [2.05, 4.69) is 213 Å². The van der Waals surface area contributed by atoms with Crippen LogP contribution in [0.5, 0.6) is 0 Å². The van der Waals surface area contributed by atoms with Crippen molar-refractivity contribution in [1.29, 1.82) is 0 Å². The predicted octanol–water partition coefficient (Wildman–Crippen LogP) is 18.7. The van der Waals surface area contributed by atoms with E-state index in [0.29, 0.717) is 10.0 Å². The van der Waals surface area contributed by atoms with Gasteiger partial charge >= 0.3 is 0 Å². The van der Waals surface area contributed by atoms with Gasteiger partial charge in [0.2, 0.25) is 0 Å². The van der Waals surface area contributed by atoms with E-state index in [-0.39, 0.29) is 0 Å². The number of aromatic nitrogens is 4. The number of hydrogen-bond donors (Lipinski definition) is 2. The number of aromatic amines is 2. The minimum atomic E-state index is 0.712. The molecule has 0 fully saturated rings. The van der Waals surface area contributed by atoms with Gasteiger partial charge in [-0.05, 0) is 163 Å². The van der Waals surface area contributed by atoms with E-state index in [0.717, 1.165) is 146 Å². The summed E-state index contributed by atoms with van der Waals surface area (Å²) in [5.41, 5.74) is 22.7. The summed E-state index contributed by atoms with van der Waals surface area (Å²) >= 11 is 17.8. The third kappa shape index (κ3) is 9.71. The Bertz CT molecular complexity index is 3380. The predicted molar refractivity (Wildman–Crippen MR) is 316 cm³/mol. The van der Waals surface area contributed by atoms with E-state index in [1.54, 1.807) is 0 Å². The lowest BCUT2D eigenvalue weighted by molar-refractivity contribution is 0.946. The van der Waals surface area contributed by atoms with Crippen LogP contribution < -0.4 is 0 Å². The Morgan fingerprint density at radius 1 is 0.343 bits per heavy atom. The molecule has 4 nitrogen and oxygen atoms in total. The molecule has 8 heteroatoms. The van der Waals surface area contributed by atoms with Gasteiger partial charge in [-0.3, -0.25) is 0 Å². The lowest BCUT2D eigenvalue weighted by atomic mass is 9.99. The molecule has 5 heterocycles. The van der Waals surface area contributed by atoms with Crippen molar-refractivity contribution in [1.82, 2.24) is 19.9 Å². The zero-order valence-electron chi connectivity index (χ0n) is 38.1. The van der Waals surface area contributed by atoms with Crippen LogP contribution in [0.15, 0.2) is 170 Å². The Labute approximate surface area is 445 Å². The van der Waals surface area contributed by atoms with Gasteiger partial charge in [-0.25, -0.2) is 9.97 Å². The van der Waals surface area contributed by atoms with E-state index >= 15 is 0 Å². The van der Waals surface area contributed by atoms with Gasteiger partial charge in [0.1, 0.15) is 0 Å². The number of halogens is 4. The molecule has 8 bridgehead atoms. The third-order valence-electron chi connectivity index (χ3n) is 13.1. The first-order chi connectivity index (χ1) is 34.4. The van der Waals surface area contributed by atoms with E-state index in [1.165, 1.54) is 11.1 Å². The van der Waals surface area contributed by atoms with Crippen LogP contribution in [0.3, 0.4) is 0 Å². The summed E-state index contributed by atoms with van der Waals surface area (Å²) in [4.78, 5) is 19.0. The van der Waals surface area contributed by atoms with E-state index in [1.807, 2.05) is 36.4 Å². The molecule has 11 rings (SSSR count). The number of fused-ring (bicyclic) bond motifs is 8. The van der Waals surface area contributed by atoms with Gasteiger partial charge in [0.25, 0.3) is 0 Å². The lowest BCUT2D eigenvalue weighted by Gasteiger charge is -2.09. The van der Waals surface area contributed by atoms with Gasteiger partial charge in [-0.15, -0.1) is 0 Å². The SMILES string of the molecule is Clc1cccc(-c2ccc(-c3c4nc(c(-c5ccc(CCCI)cc5)c5ccc([nH]5)c(-c5ccc(-c6cccc(Cl)c6)cc5)c5nc(c(-c6ccc(CCCI)cc6)c6ccc3[nH]6)C=C5)C=C4)cc2)c1. The fourth-order valence-electron chi connectivity index (χ4n) is 9.63. The molecule has 0 atom stereocenters. The summed E-state index contributed by atoms with van der Waals surface area (Å²) in [7, 11) is 0. The molecular weight excluding hydrogens is 1130 g/mol. The molecule has 9 aromatic rings. The molecule has 0 radical (unpaired) electrons. The highest BCUT2D eigenvalue weighted by molar-refractivity contribution is 14.1. The molecular formula is C62H46Cl2I2N4.